The van der Waals surface area contributed by atoms with Crippen molar-refractivity contribution in [3.63, 3.8) is 0 Å². The molecule has 0 bridgehead atoms. The molecule has 2 atom stereocenters. The van der Waals surface area contributed by atoms with Crippen molar-refractivity contribution >= 4 is 5.97 Å². The van der Waals surface area contributed by atoms with Gasteiger partial charge in [-0.25, -0.2) is 0 Å². The minimum atomic E-state index is -0.561. The van der Waals surface area contributed by atoms with Gasteiger partial charge in [0.05, 0.1) is 0 Å². The second-order valence-electron chi connectivity index (χ2n) is 4.24. The molecule has 0 heterocycles. The predicted octanol–water partition coefficient (Wildman–Crippen LogP) is 2.88. The van der Waals surface area contributed by atoms with Crippen molar-refractivity contribution < 1.29 is 14.3 Å². The maximum Gasteiger partial charge on any atom is 0.305 e. The number of carbonyl (C=O) groups is 1. The molecule has 0 amide bonds. The summed E-state index contributed by atoms with van der Waals surface area (Å²) in [6.45, 7) is 6.18. The maximum absolute atomic E-state index is 10.9. The molecule has 1 rings (SSSR count). The average molecular weight is 214 g/mol. The topological polar surface area (TPSA) is 35.5 Å². The fourth-order valence-electron chi connectivity index (χ4n) is 2.07. The first kappa shape index (κ1) is 12.5. The number of ether oxygens (including phenoxy) is 2. The van der Waals surface area contributed by atoms with E-state index in [1.807, 2.05) is 6.92 Å². The third-order valence-corrected chi connectivity index (χ3v) is 2.85. The van der Waals surface area contributed by atoms with Crippen molar-refractivity contribution in [1.82, 2.24) is 0 Å². The third-order valence-electron chi connectivity index (χ3n) is 2.85. The first-order valence-corrected chi connectivity index (χ1v) is 5.98. The van der Waals surface area contributed by atoms with Gasteiger partial charge in [-0.1, -0.05) is 26.2 Å². The average Bonchev–Trinajstić information content (AvgIpc) is 2.78. The van der Waals surface area contributed by atoms with E-state index >= 15 is 0 Å². The molecule has 0 aromatic carbocycles. The van der Waals surface area contributed by atoms with E-state index in [9.17, 15) is 4.79 Å². The van der Waals surface area contributed by atoms with E-state index in [2.05, 4.69) is 6.92 Å². The number of carbonyl (C=O) groups excluding carboxylic acids is 1. The summed E-state index contributed by atoms with van der Waals surface area (Å²) in [5, 5.41) is 0. The Balaban J connectivity index is 2.32. The lowest BCUT2D eigenvalue weighted by Gasteiger charge is -2.17. The molecular formula is C12H22O3. The summed E-state index contributed by atoms with van der Waals surface area (Å²) in [6, 6.07) is 0. The standard InChI is InChI=1S/C12H22O3/c1-4-6-7-8-11-9-12(11,14-5-2)15-10(3)13/h11H,4-9H2,1-3H3/t11-,12-/m0/s1. The van der Waals surface area contributed by atoms with Crippen molar-refractivity contribution in [2.75, 3.05) is 6.61 Å². The van der Waals surface area contributed by atoms with Gasteiger partial charge in [0.25, 0.3) is 0 Å². The Kier molecular flexibility index (Phi) is 4.58. The first-order valence-electron chi connectivity index (χ1n) is 5.98. The van der Waals surface area contributed by atoms with Gasteiger partial charge < -0.3 is 9.47 Å². The fourth-order valence-corrected chi connectivity index (χ4v) is 2.07. The normalized spacial score (nSPS) is 28.9. The minimum Gasteiger partial charge on any atom is -0.433 e. The molecule has 1 saturated carbocycles. The Bertz CT molecular complexity index is 215. The zero-order chi connectivity index (χ0) is 11.3. The van der Waals surface area contributed by atoms with Crippen LogP contribution >= 0.6 is 0 Å². The molecule has 1 aliphatic rings. The number of hydrogen-bond acceptors (Lipinski definition) is 3. The van der Waals surface area contributed by atoms with Gasteiger partial charge in [0.1, 0.15) is 0 Å². The first-order chi connectivity index (χ1) is 7.14. The zero-order valence-electron chi connectivity index (χ0n) is 10.0. The lowest BCUT2D eigenvalue weighted by atomic mass is 10.1. The van der Waals surface area contributed by atoms with Crippen LogP contribution in [0.4, 0.5) is 0 Å². The lowest BCUT2D eigenvalue weighted by molar-refractivity contribution is -0.191. The second kappa shape index (κ2) is 5.50. The second-order valence-corrected chi connectivity index (χ2v) is 4.24. The van der Waals surface area contributed by atoms with Crippen LogP contribution in [0.5, 0.6) is 0 Å². The Labute approximate surface area is 92.1 Å². The summed E-state index contributed by atoms with van der Waals surface area (Å²) in [6.07, 6.45) is 5.67. The van der Waals surface area contributed by atoms with E-state index in [-0.39, 0.29) is 5.97 Å². The van der Waals surface area contributed by atoms with E-state index in [1.165, 1.54) is 26.2 Å². The van der Waals surface area contributed by atoms with Crippen LogP contribution in [0.25, 0.3) is 0 Å². The summed E-state index contributed by atoms with van der Waals surface area (Å²) < 4.78 is 10.8. The van der Waals surface area contributed by atoms with E-state index in [4.69, 9.17) is 9.47 Å². The highest BCUT2D eigenvalue weighted by Gasteiger charge is 2.58. The van der Waals surface area contributed by atoms with Crippen LogP contribution in [-0.2, 0) is 14.3 Å². The van der Waals surface area contributed by atoms with Gasteiger partial charge in [-0.2, -0.15) is 0 Å². The van der Waals surface area contributed by atoms with E-state index in [1.54, 1.807) is 0 Å². The number of unbranched alkanes of at least 4 members (excludes halogenated alkanes) is 2. The Morgan fingerprint density at radius 3 is 2.67 bits per heavy atom. The van der Waals surface area contributed by atoms with Crippen molar-refractivity contribution in [3.8, 4) is 0 Å². The highest BCUT2D eigenvalue weighted by atomic mass is 16.7. The van der Waals surface area contributed by atoms with Crippen LogP contribution in [0, 0.1) is 5.92 Å². The molecule has 0 aromatic rings. The highest BCUT2D eigenvalue weighted by molar-refractivity contribution is 5.66. The van der Waals surface area contributed by atoms with Gasteiger partial charge in [-0.15, -0.1) is 0 Å². The van der Waals surface area contributed by atoms with Gasteiger partial charge in [0.2, 0.25) is 5.79 Å². The quantitative estimate of drug-likeness (QED) is 0.371. The summed E-state index contributed by atoms with van der Waals surface area (Å²) in [7, 11) is 0. The van der Waals surface area contributed by atoms with Gasteiger partial charge in [-0.05, 0) is 13.3 Å². The highest BCUT2D eigenvalue weighted by Crippen LogP contribution is 2.50. The molecule has 15 heavy (non-hydrogen) atoms. The Hall–Kier alpha value is -0.570. The molecule has 1 fully saturated rings. The van der Waals surface area contributed by atoms with Crippen LogP contribution in [0.15, 0.2) is 0 Å². The van der Waals surface area contributed by atoms with Gasteiger partial charge >= 0.3 is 5.97 Å². The molecule has 0 N–H and O–H groups in total. The molecule has 3 nitrogen and oxygen atoms in total. The molecule has 0 unspecified atom stereocenters. The molecule has 0 spiro atoms. The molecule has 3 heteroatoms. The molecule has 0 aromatic heterocycles. The van der Waals surface area contributed by atoms with E-state index < -0.39 is 5.79 Å². The van der Waals surface area contributed by atoms with Crippen LogP contribution in [0.2, 0.25) is 0 Å². The molecule has 0 radical (unpaired) electrons. The monoisotopic (exact) mass is 214 g/mol. The zero-order valence-corrected chi connectivity index (χ0v) is 10.0. The summed E-state index contributed by atoms with van der Waals surface area (Å²) in [5.74, 6) is -0.372. The van der Waals surface area contributed by atoms with E-state index in [0.29, 0.717) is 12.5 Å². The number of rotatable bonds is 7. The van der Waals surface area contributed by atoms with Crippen molar-refractivity contribution in [1.29, 1.82) is 0 Å². The summed E-state index contributed by atoms with van der Waals surface area (Å²) in [4.78, 5) is 10.9. The van der Waals surface area contributed by atoms with Crippen molar-refractivity contribution in [3.05, 3.63) is 0 Å². The predicted molar refractivity (Wildman–Crippen MR) is 58.4 cm³/mol. The van der Waals surface area contributed by atoms with Crippen LogP contribution in [-0.4, -0.2) is 18.4 Å². The Morgan fingerprint density at radius 2 is 2.13 bits per heavy atom. The maximum atomic E-state index is 10.9. The van der Waals surface area contributed by atoms with Gasteiger partial charge in [0.15, 0.2) is 0 Å². The minimum absolute atomic E-state index is 0.235. The molecule has 0 saturated heterocycles. The largest absolute Gasteiger partial charge is 0.433 e. The van der Waals surface area contributed by atoms with E-state index in [0.717, 1.165) is 12.8 Å². The van der Waals surface area contributed by atoms with Crippen LogP contribution < -0.4 is 0 Å². The van der Waals surface area contributed by atoms with Crippen LogP contribution in [0.1, 0.15) is 52.9 Å². The molecule has 88 valence electrons. The number of hydrogen-bond donors (Lipinski definition) is 0. The summed E-state index contributed by atoms with van der Waals surface area (Å²) in [5.41, 5.74) is 0. The SMILES string of the molecule is CCCCC[C@H]1C[C@]1(OCC)OC(C)=O. The van der Waals surface area contributed by atoms with Crippen LogP contribution in [0.3, 0.4) is 0 Å². The van der Waals surface area contributed by atoms with Crippen molar-refractivity contribution in [2.45, 2.75) is 58.7 Å². The smallest absolute Gasteiger partial charge is 0.305 e. The molecule has 1 aliphatic carbocycles. The lowest BCUT2D eigenvalue weighted by Crippen LogP contribution is -2.24. The van der Waals surface area contributed by atoms with Gasteiger partial charge in [0, 0.05) is 25.9 Å². The third kappa shape index (κ3) is 3.49. The molecular weight excluding hydrogens is 192 g/mol. The number of esters is 1. The fraction of sp³-hybridized carbons (Fsp3) is 0.917. The van der Waals surface area contributed by atoms with Gasteiger partial charge in [-0.3, -0.25) is 4.79 Å². The van der Waals surface area contributed by atoms with Crippen molar-refractivity contribution in [2.24, 2.45) is 5.92 Å². The Morgan fingerprint density at radius 1 is 1.40 bits per heavy atom. The molecule has 0 aliphatic heterocycles. The summed E-state index contributed by atoms with van der Waals surface area (Å²) >= 11 is 0.